The molecule has 0 radical (unpaired) electrons. The maximum absolute atomic E-state index is 12.8. The fraction of sp³-hybridized carbons (Fsp3) is 0.100. The highest BCUT2D eigenvalue weighted by molar-refractivity contribution is 5.79. The van der Waals surface area contributed by atoms with E-state index in [0.717, 1.165) is 24.4 Å². The van der Waals surface area contributed by atoms with Gasteiger partial charge in [0.15, 0.2) is 0 Å². The minimum absolute atomic E-state index is 0.143. The average Bonchev–Trinajstić information content (AvgIpc) is 2.15. The number of alkyl halides is 3. The van der Waals surface area contributed by atoms with Crippen molar-refractivity contribution in [3.8, 4) is 0 Å². The van der Waals surface area contributed by atoms with Crippen LogP contribution in [0, 0.1) is 5.82 Å². The number of halogens is 4. The van der Waals surface area contributed by atoms with Gasteiger partial charge in [0.05, 0.1) is 11.1 Å². The Bertz CT molecular complexity index is 504. The summed E-state index contributed by atoms with van der Waals surface area (Å²) in [6.07, 6.45) is -3.71. The number of aromatic nitrogens is 1. The molecule has 0 bridgehead atoms. The Kier molecular flexibility index (Phi) is 2.10. The fourth-order valence-electron chi connectivity index (χ4n) is 1.26. The SMILES string of the molecule is Fc1ccc2ncc(C(F)(F)F)cc2c1. The molecule has 0 saturated heterocycles. The average molecular weight is 215 g/mol. The van der Waals surface area contributed by atoms with Crippen LogP contribution in [0.5, 0.6) is 0 Å². The van der Waals surface area contributed by atoms with Gasteiger partial charge in [-0.1, -0.05) is 0 Å². The number of hydrogen-bond donors (Lipinski definition) is 0. The third-order valence-electron chi connectivity index (χ3n) is 1.97. The van der Waals surface area contributed by atoms with Crippen molar-refractivity contribution in [2.24, 2.45) is 0 Å². The molecule has 1 nitrogen and oxygen atoms in total. The van der Waals surface area contributed by atoms with E-state index in [4.69, 9.17) is 0 Å². The number of benzene rings is 1. The van der Waals surface area contributed by atoms with E-state index in [1.54, 1.807) is 0 Å². The highest BCUT2D eigenvalue weighted by Gasteiger charge is 2.30. The molecule has 0 amide bonds. The Morgan fingerprint density at radius 3 is 2.47 bits per heavy atom. The van der Waals surface area contributed by atoms with Crippen molar-refractivity contribution in [3.05, 3.63) is 41.8 Å². The lowest BCUT2D eigenvalue weighted by atomic mass is 10.1. The number of pyridine rings is 1. The van der Waals surface area contributed by atoms with E-state index in [1.807, 2.05) is 0 Å². The van der Waals surface area contributed by atoms with E-state index in [0.29, 0.717) is 5.52 Å². The standard InChI is InChI=1S/C10H5F4N/c11-8-1-2-9-6(4-8)3-7(5-15-9)10(12,13)14/h1-5H. The lowest BCUT2D eigenvalue weighted by Crippen LogP contribution is -2.05. The summed E-state index contributed by atoms with van der Waals surface area (Å²) in [5, 5.41) is 0.143. The van der Waals surface area contributed by atoms with Crippen LogP contribution in [-0.4, -0.2) is 4.98 Å². The normalized spacial score (nSPS) is 12.0. The largest absolute Gasteiger partial charge is 0.417 e. The summed E-state index contributed by atoms with van der Waals surface area (Å²) >= 11 is 0. The van der Waals surface area contributed by atoms with Crippen molar-refractivity contribution in [3.63, 3.8) is 0 Å². The molecule has 78 valence electrons. The summed E-state index contributed by atoms with van der Waals surface area (Å²) in [5.74, 6) is -0.580. The molecule has 5 heteroatoms. The summed E-state index contributed by atoms with van der Waals surface area (Å²) < 4.78 is 49.6. The van der Waals surface area contributed by atoms with Crippen LogP contribution >= 0.6 is 0 Å². The summed E-state index contributed by atoms with van der Waals surface area (Å²) in [5.41, 5.74) is -0.537. The van der Waals surface area contributed by atoms with Gasteiger partial charge in [-0.05, 0) is 24.3 Å². The van der Waals surface area contributed by atoms with Crippen molar-refractivity contribution in [1.29, 1.82) is 0 Å². The number of fused-ring (bicyclic) bond motifs is 1. The van der Waals surface area contributed by atoms with E-state index in [9.17, 15) is 17.6 Å². The van der Waals surface area contributed by atoms with Crippen LogP contribution in [0.3, 0.4) is 0 Å². The molecule has 1 aromatic carbocycles. The molecular weight excluding hydrogens is 210 g/mol. The fourth-order valence-corrected chi connectivity index (χ4v) is 1.26. The first-order chi connectivity index (χ1) is 6.97. The first-order valence-electron chi connectivity index (χ1n) is 4.09. The molecule has 1 heterocycles. The summed E-state index contributed by atoms with van der Waals surface area (Å²) in [4.78, 5) is 3.60. The maximum atomic E-state index is 12.8. The monoisotopic (exact) mass is 215 g/mol. The maximum Gasteiger partial charge on any atom is 0.417 e. The van der Waals surface area contributed by atoms with E-state index < -0.39 is 17.6 Å². The lowest BCUT2D eigenvalue weighted by Gasteiger charge is -2.06. The molecule has 2 aromatic rings. The van der Waals surface area contributed by atoms with Crippen molar-refractivity contribution >= 4 is 10.9 Å². The van der Waals surface area contributed by atoms with Gasteiger partial charge in [0.1, 0.15) is 5.82 Å². The van der Waals surface area contributed by atoms with Crippen molar-refractivity contribution in [2.45, 2.75) is 6.18 Å². The number of rotatable bonds is 0. The van der Waals surface area contributed by atoms with Gasteiger partial charge in [0.25, 0.3) is 0 Å². The summed E-state index contributed by atoms with van der Waals surface area (Å²) in [6, 6.07) is 4.40. The third kappa shape index (κ3) is 1.91. The minimum Gasteiger partial charge on any atom is -0.256 e. The van der Waals surface area contributed by atoms with Crippen LogP contribution in [0.25, 0.3) is 10.9 Å². The molecule has 0 unspecified atom stereocenters. The Hall–Kier alpha value is -1.65. The van der Waals surface area contributed by atoms with Gasteiger partial charge >= 0.3 is 6.18 Å². The Balaban J connectivity index is 2.64. The second kappa shape index (κ2) is 3.18. The van der Waals surface area contributed by atoms with Gasteiger partial charge in [-0.2, -0.15) is 13.2 Å². The van der Waals surface area contributed by atoms with Crippen LogP contribution < -0.4 is 0 Å². The van der Waals surface area contributed by atoms with Gasteiger partial charge in [0, 0.05) is 11.6 Å². The van der Waals surface area contributed by atoms with Gasteiger partial charge in [-0.25, -0.2) is 4.39 Å². The highest BCUT2D eigenvalue weighted by atomic mass is 19.4. The lowest BCUT2D eigenvalue weighted by molar-refractivity contribution is -0.137. The van der Waals surface area contributed by atoms with Gasteiger partial charge in [-0.3, -0.25) is 4.98 Å². The zero-order chi connectivity index (χ0) is 11.1. The summed E-state index contributed by atoms with van der Waals surface area (Å²) in [7, 11) is 0. The predicted molar refractivity (Wildman–Crippen MR) is 46.7 cm³/mol. The molecule has 2 rings (SSSR count). The first-order valence-corrected chi connectivity index (χ1v) is 4.09. The van der Waals surface area contributed by atoms with E-state index in [1.165, 1.54) is 6.07 Å². The van der Waals surface area contributed by atoms with Crippen LogP contribution in [0.1, 0.15) is 5.56 Å². The molecule has 0 saturated carbocycles. The molecule has 0 spiro atoms. The molecular formula is C10H5F4N. The van der Waals surface area contributed by atoms with E-state index in [-0.39, 0.29) is 5.39 Å². The number of hydrogen-bond acceptors (Lipinski definition) is 1. The molecule has 15 heavy (non-hydrogen) atoms. The Labute approximate surface area is 82.4 Å². The Morgan fingerprint density at radius 1 is 1.07 bits per heavy atom. The third-order valence-corrected chi connectivity index (χ3v) is 1.97. The molecule has 0 atom stereocenters. The van der Waals surface area contributed by atoms with Crippen molar-refractivity contribution in [2.75, 3.05) is 0 Å². The minimum atomic E-state index is -4.45. The van der Waals surface area contributed by atoms with Crippen LogP contribution in [-0.2, 0) is 6.18 Å². The molecule has 0 aliphatic carbocycles. The van der Waals surface area contributed by atoms with E-state index in [2.05, 4.69) is 4.98 Å². The Morgan fingerprint density at radius 2 is 1.80 bits per heavy atom. The van der Waals surface area contributed by atoms with Crippen LogP contribution in [0.15, 0.2) is 30.5 Å². The zero-order valence-corrected chi connectivity index (χ0v) is 7.35. The van der Waals surface area contributed by atoms with Crippen molar-refractivity contribution in [1.82, 2.24) is 4.98 Å². The molecule has 0 N–H and O–H groups in total. The van der Waals surface area contributed by atoms with Crippen LogP contribution in [0.4, 0.5) is 17.6 Å². The van der Waals surface area contributed by atoms with E-state index >= 15 is 0 Å². The van der Waals surface area contributed by atoms with Crippen LogP contribution in [0.2, 0.25) is 0 Å². The topological polar surface area (TPSA) is 12.9 Å². The van der Waals surface area contributed by atoms with Crippen molar-refractivity contribution < 1.29 is 17.6 Å². The highest BCUT2D eigenvalue weighted by Crippen LogP contribution is 2.30. The molecule has 1 aromatic heterocycles. The smallest absolute Gasteiger partial charge is 0.256 e. The number of nitrogens with zero attached hydrogens (tertiary/aromatic N) is 1. The van der Waals surface area contributed by atoms with Gasteiger partial charge in [0.2, 0.25) is 0 Å². The van der Waals surface area contributed by atoms with Gasteiger partial charge in [-0.15, -0.1) is 0 Å². The zero-order valence-electron chi connectivity index (χ0n) is 7.35. The second-order valence-corrected chi connectivity index (χ2v) is 3.06. The summed E-state index contributed by atoms with van der Waals surface area (Å²) in [6.45, 7) is 0. The molecule has 0 fully saturated rings. The first kappa shape index (κ1) is 9.89. The predicted octanol–water partition coefficient (Wildman–Crippen LogP) is 3.39. The van der Waals surface area contributed by atoms with Gasteiger partial charge < -0.3 is 0 Å². The molecule has 0 aliphatic heterocycles. The quantitative estimate of drug-likeness (QED) is 0.614. The second-order valence-electron chi connectivity index (χ2n) is 3.06. The molecule has 0 aliphatic rings.